The number of aliphatic hydroxyl groups is 1. The van der Waals surface area contributed by atoms with Crippen molar-refractivity contribution in [3.8, 4) is 5.75 Å². The summed E-state index contributed by atoms with van der Waals surface area (Å²) in [5, 5.41) is 12.0. The molecule has 0 aliphatic carbocycles. The maximum Gasteiger partial charge on any atom is 0.123 e. The van der Waals surface area contributed by atoms with Crippen molar-refractivity contribution in [1.29, 1.82) is 0 Å². The van der Waals surface area contributed by atoms with Gasteiger partial charge in [0.15, 0.2) is 0 Å². The lowest BCUT2D eigenvalue weighted by Gasteiger charge is -2.06. The molecule has 0 fully saturated rings. The first kappa shape index (κ1) is 26.1. The smallest absolute Gasteiger partial charge is 0.123 e. The highest BCUT2D eigenvalue weighted by Gasteiger charge is 1.96. The summed E-state index contributed by atoms with van der Waals surface area (Å²) in [6, 6.07) is 27.2. The molecule has 0 unspecified atom stereocenters. The molecule has 0 spiro atoms. The predicted molar refractivity (Wildman–Crippen MR) is 139 cm³/mol. The summed E-state index contributed by atoms with van der Waals surface area (Å²) >= 11 is 2.26. The van der Waals surface area contributed by atoms with Crippen molar-refractivity contribution in [3.05, 3.63) is 118 Å². The van der Waals surface area contributed by atoms with E-state index in [1.54, 1.807) is 19.2 Å². The van der Waals surface area contributed by atoms with Crippen LogP contribution in [0.5, 0.6) is 5.75 Å². The third-order valence-electron chi connectivity index (χ3n) is 4.19. The molecule has 0 aliphatic rings. The van der Waals surface area contributed by atoms with Crippen molar-refractivity contribution in [2.45, 2.75) is 6.61 Å². The highest BCUT2D eigenvalue weighted by Crippen LogP contribution is 2.17. The summed E-state index contributed by atoms with van der Waals surface area (Å²) in [6.45, 7) is 0.0385. The van der Waals surface area contributed by atoms with E-state index < -0.39 is 0 Å². The van der Waals surface area contributed by atoms with Crippen LogP contribution in [0.4, 0.5) is 25.8 Å². The molecule has 172 valence electrons. The number of halogens is 3. The number of nitrogens with two attached hydrogens (primary N) is 1. The van der Waals surface area contributed by atoms with E-state index in [9.17, 15) is 8.78 Å². The topological polar surface area (TPSA) is 67.5 Å². The second-order valence-electron chi connectivity index (χ2n) is 6.70. The molecule has 33 heavy (non-hydrogen) atoms. The quantitative estimate of drug-likeness (QED) is 0.190. The summed E-state index contributed by atoms with van der Waals surface area (Å²) in [6.07, 6.45) is 0. The van der Waals surface area contributed by atoms with Crippen LogP contribution in [0.2, 0.25) is 0 Å². The SMILES string of the molecule is COc1ccc(I)cc1.Nc1ccc(F)cc1.OCc1ccc(Nc2ccc(F)cc2)cc1. The lowest BCUT2D eigenvalue weighted by molar-refractivity contribution is 0.282. The number of ether oxygens (including phenoxy) is 1. The molecule has 4 aromatic carbocycles. The van der Waals surface area contributed by atoms with Gasteiger partial charge in [-0.15, -0.1) is 0 Å². The normalized spacial score (nSPS) is 9.61. The molecule has 0 aliphatic heterocycles. The van der Waals surface area contributed by atoms with E-state index >= 15 is 0 Å². The molecule has 0 bridgehead atoms. The van der Waals surface area contributed by atoms with Gasteiger partial charge in [0.25, 0.3) is 0 Å². The summed E-state index contributed by atoms with van der Waals surface area (Å²) in [4.78, 5) is 0. The molecule has 4 nitrogen and oxygen atoms in total. The zero-order chi connectivity index (χ0) is 24.1. The molecule has 0 radical (unpaired) electrons. The van der Waals surface area contributed by atoms with Gasteiger partial charge >= 0.3 is 0 Å². The third-order valence-corrected chi connectivity index (χ3v) is 4.91. The number of hydrogen-bond acceptors (Lipinski definition) is 4. The van der Waals surface area contributed by atoms with E-state index in [1.165, 1.54) is 40.0 Å². The summed E-state index contributed by atoms with van der Waals surface area (Å²) in [7, 11) is 1.67. The Labute approximate surface area is 206 Å². The van der Waals surface area contributed by atoms with Gasteiger partial charge < -0.3 is 20.9 Å². The fraction of sp³-hybridized carbons (Fsp3) is 0.0769. The maximum absolute atomic E-state index is 12.7. The van der Waals surface area contributed by atoms with Crippen molar-refractivity contribution < 1.29 is 18.6 Å². The van der Waals surface area contributed by atoms with Gasteiger partial charge in [-0.2, -0.15) is 0 Å². The van der Waals surface area contributed by atoms with Gasteiger partial charge in [-0.1, -0.05) is 12.1 Å². The fourth-order valence-electron chi connectivity index (χ4n) is 2.43. The summed E-state index contributed by atoms with van der Waals surface area (Å²) in [5.41, 5.74) is 8.45. The second kappa shape index (κ2) is 14.1. The van der Waals surface area contributed by atoms with Gasteiger partial charge in [0.1, 0.15) is 17.4 Å². The largest absolute Gasteiger partial charge is 0.497 e. The molecule has 0 aromatic heterocycles. The molecular formula is C26H25F2IN2O2. The minimum absolute atomic E-state index is 0.0385. The van der Waals surface area contributed by atoms with Gasteiger partial charge in [-0.05, 0) is 113 Å². The van der Waals surface area contributed by atoms with E-state index in [-0.39, 0.29) is 18.2 Å². The first-order valence-electron chi connectivity index (χ1n) is 9.92. The summed E-state index contributed by atoms with van der Waals surface area (Å²) < 4.78 is 30.9. The number of rotatable bonds is 4. The van der Waals surface area contributed by atoms with Gasteiger partial charge in [-0.3, -0.25) is 0 Å². The van der Waals surface area contributed by atoms with Crippen LogP contribution in [-0.2, 0) is 6.61 Å². The minimum atomic E-state index is -0.251. The number of methoxy groups -OCH3 is 1. The Morgan fingerprint density at radius 1 is 0.758 bits per heavy atom. The molecule has 0 saturated carbocycles. The van der Waals surface area contributed by atoms with Gasteiger partial charge in [0.05, 0.1) is 13.7 Å². The third kappa shape index (κ3) is 10.3. The molecule has 0 atom stereocenters. The molecule has 7 heteroatoms. The Morgan fingerprint density at radius 3 is 1.64 bits per heavy atom. The van der Waals surface area contributed by atoms with Crippen molar-refractivity contribution in [1.82, 2.24) is 0 Å². The van der Waals surface area contributed by atoms with Crippen LogP contribution < -0.4 is 15.8 Å². The van der Waals surface area contributed by atoms with Crippen molar-refractivity contribution >= 4 is 39.7 Å². The van der Waals surface area contributed by atoms with Crippen LogP contribution >= 0.6 is 22.6 Å². The van der Waals surface area contributed by atoms with E-state index in [2.05, 4.69) is 27.9 Å². The molecular weight excluding hydrogens is 537 g/mol. The lowest BCUT2D eigenvalue weighted by atomic mass is 10.2. The van der Waals surface area contributed by atoms with Crippen LogP contribution in [0.3, 0.4) is 0 Å². The highest BCUT2D eigenvalue weighted by atomic mass is 127. The first-order valence-corrected chi connectivity index (χ1v) is 11.0. The van der Waals surface area contributed by atoms with Crippen LogP contribution in [0.1, 0.15) is 5.56 Å². The van der Waals surface area contributed by atoms with Gasteiger partial charge in [0, 0.05) is 20.6 Å². The number of nitrogen functional groups attached to an aromatic ring is 1. The molecule has 0 saturated heterocycles. The molecule has 4 rings (SSSR count). The number of nitrogens with one attached hydrogen (secondary N) is 1. The second-order valence-corrected chi connectivity index (χ2v) is 7.94. The van der Waals surface area contributed by atoms with Crippen LogP contribution in [0.15, 0.2) is 97.1 Å². The Morgan fingerprint density at radius 2 is 1.21 bits per heavy atom. The summed E-state index contributed by atoms with van der Waals surface area (Å²) in [5.74, 6) is 0.413. The van der Waals surface area contributed by atoms with Gasteiger partial charge in [-0.25, -0.2) is 8.78 Å². The highest BCUT2D eigenvalue weighted by molar-refractivity contribution is 14.1. The lowest BCUT2D eigenvalue weighted by Crippen LogP contribution is -1.91. The first-order chi connectivity index (χ1) is 15.9. The van der Waals surface area contributed by atoms with E-state index in [0.29, 0.717) is 5.69 Å². The van der Waals surface area contributed by atoms with E-state index in [0.717, 1.165) is 22.7 Å². The zero-order valence-electron chi connectivity index (χ0n) is 18.0. The van der Waals surface area contributed by atoms with E-state index in [1.807, 2.05) is 48.5 Å². The number of anilines is 3. The van der Waals surface area contributed by atoms with Crippen molar-refractivity contribution in [2.75, 3.05) is 18.2 Å². The molecule has 4 aromatic rings. The Bertz CT molecular complexity index is 1050. The Balaban J connectivity index is 0.000000192. The molecule has 0 amide bonds. The Hall–Kier alpha value is -3.17. The van der Waals surface area contributed by atoms with Crippen molar-refractivity contribution in [2.24, 2.45) is 0 Å². The van der Waals surface area contributed by atoms with Crippen LogP contribution in [0.25, 0.3) is 0 Å². The van der Waals surface area contributed by atoms with E-state index in [4.69, 9.17) is 15.6 Å². The maximum atomic E-state index is 12.7. The van der Waals surface area contributed by atoms with Crippen LogP contribution in [-0.4, -0.2) is 12.2 Å². The molecule has 4 N–H and O–H groups in total. The standard InChI is InChI=1S/C13H12FNO.C7H7IO.C6H6FN/c14-11-3-7-13(8-4-11)15-12-5-1-10(9-16)2-6-12;1-9-7-4-2-6(8)3-5-7;7-5-1-3-6(8)4-2-5/h1-8,15-16H,9H2;2-5H,1H3;1-4H,8H2. The number of aliphatic hydroxyl groups excluding tert-OH is 1. The zero-order valence-corrected chi connectivity index (χ0v) is 20.2. The molecule has 0 heterocycles. The van der Waals surface area contributed by atoms with Gasteiger partial charge in [0.2, 0.25) is 0 Å². The van der Waals surface area contributed by atoms with Crippen LogP contribution in [0, 0.1) is 15.2 Å². The number of benzene rings is 4. The minimum Gasteiger partial charge on any atom is -0.497 e. The average Bonchev–Trinajstić information content (AvgIpc) is 2.84. The van der Waals surface area contributed by atoms with Crippen molar-refractivity contribution in [3.63, 3.8) is 0 Å². The predicted octanol–water partition coefficient (Wildman–Crippen LogP) is 6.77. The monoisotopic (exact) mass is 562 g/mol. The number of hydrogen-bond donors (Lipinski definition) is 3. The fourth-order valence-corrected chi connectivity index (χ4v) is 2.79. The average molecular weight is 562 g/mol. The Kier molecular flexibility index (Phi) is 11.1.